The SMILES string of the molecule is CN1CC(=O)N2[C@H](c3ccc4c(c3)OCO4)c3[nH]c4cc(O)ccc4c3C[C@@H]2C1=O. The van der Waals surface area contributed by atoms with E-state index < -0.39 is 12.1 Å². The van der Waals surface area contributed by atoms with E-state index in [2.05, 4.69) is 4.98 Å². The first-order valence-electron chi connectivity index (χ1n) is 9.80. The van der Waals surface area contributed by atoms with Gasteiger partial charge in [-0.3, -0.25) is 9.59 Å². The number of H-pyrrole nitrogens is 1. The number of rotatable bonds is 1. The minimum absolute atomic E-state index is 0.0483. The van der Waals surface area contributed by atoms with Crippen molar-refractivity contribution < 1.29 is 24.2 Å². The van der Waals surface area contributed by atoms with Gasteiger partial charge in [0.25, 0.3) is 0 Å². The largest absolute Gasteiger partial charge is 0.508 e. The number of carbonyl (C=O) groups is 2. The molecule has 0 aliphatic carbocycles. The standard InChI is InChI=1S/C22H19N3O5/c1-24-9-19(27)25-16(22(24)28)8-14-13-4-3-12(26)7-15(13)23-20(14)21(25)11-2-5-17-18(6-11)30-10-29-17/h2-7,16,21,23,26H,8-10H2,1H3/t16-,21-/m1/s1. The second-order valence-corrected chi connectivity index (χ2v) is 7.98. The van der Waals surface area contributed by atoms with Crippen molar-refractivity contribution in [2.45, 2.75) is 18.5 Å². The van der Waals surface area contributed by atoms with Crippen LogP contribution in [0.5, 0.6) is 17.2 Å². The molecule has 0 spiro atoms. The normalized spacial score (nSPS) is 22.4. The maximum atomic E-state index is 13.1. The topological polar surface area (TPSA) is 95.1 Å². The molecule has 6 rings (SSSR count). The molecule has 3 aliphatic rings. The molecule has 30 heavy (non-hydrogen) atoms. The van der Waals surface area contributed by atoms with E-state index in [0.717, 1.165) is 27.7 Å². The van der Waals surface area contributed by atoms with Crippen LogP contribution in [0.1, 0.15) is 22.9 Å². The second kappa shape index (κ2) is 5.91. The van der Waals surface area contributed by atoms with Gasteiger partial charge in [0.15, 0.2) is 11.5 Å². The summed E-state index contributed by atoms with van der Waals surface area (Å²) in [5.74, 6) is 1.27. The molecule has 4 heterocycles. The molecule has 0 saturated carbocycles. The lowest BCUT2D eigenvalue weighted by molar-refractivity contribution is -0.157. The first-order valence-corrected chi connectivity index (χ1v) is 9.80. The molecule has 2 N–H and O–H groups in total. The van der Waals surface area contributed by atoms with Gasteiger partial charge in [0.1, 0.15) is 11.8 Å². The number of ether oxygens (including phenoxy) is 2. The van der Waals surface area contributed by atoms with Gasteiger partial charge in [-0.05, 0) is 35.4 Å². The molecule has 2 atom stereocenters. The number of hydrogen-bond donors (Lipinski definition) is 2. The van der Waals surface area contributed by atoms with E-state index in [1.807, 2.05) is 24.3 Å². The second-order valence-electron chi connectivity index (χ2n) is 7.98. The highest BCUT2D eigenvalue weighted by Gasteiger charge is 2.47. The van der Waals surface area contributed by atoms with E-state index in [4.69, 9.17) is 9.47 Å². The maximum Gasteiger partial charge on any atom is 0.245 e. The fraction of sp³-hybridized carbons (Fsp3) is 0.273. The number of phenols is 1. The lowest BCUT2D eigenvalue weighted by atomic mass is 9.86. The number of likely N-dealkylation sites (N-methyl/N-ethyl adjacent to an activating group) is 1. The fourth-order valence-electron chi connectivity index (χ4n) is 4.88. The van der Waals surface area contributed by atoms with Gasteiger partial charge in [0, 0.05) is 36.1 Å². The van der Waals surface area contributed by atoms with E-state index in [1.54, 1.807) is 24.1 Å². The molecule has 0 bridgehead atoms. The van der Waals surface area contributed by atoms with Crippen molar-refractivity contribution in [3.05, 3.63) is 53.2 Å². The zero-order chi connectivity index (χ0) is 20.6. The number of nitrogens with zero attached hydrogens (tertiary/aromatic N) is 2. The maximum absolute atomic E-state index is 13.1. The van der Waals surface area contributed by atoms with Crippen molar-refractivity contribution in [3.63, 3.8) is 0 Å². The van der Waals surface area contributed by atoms with Crippen LogP contribution in [-0.4, -0.2) is 58.1 Å². The summed E-state index contributed by atoms with van der Waals surface area (Å²) in [6.45, 7) is 0.210. The van der Waals surface area contributed by atoms with Crippen molar-refractivity contribution in [1.82, 2.24) is 14.8 Å². The molecule has 3 aromatic rings. The van der Waals surface area contributed by atoms with Crippen molar-refractivity contribution in [2.24, 2.45) is 0 Å². The van der Waals surface area contributed by atoms with E-state index in [-0.39, 0.29) is 30.9 Å². The molecule has 0 radical (unpaired) electrons. The molecule has 0 unspecified atom stereocenters. The van der Waals surface area contributed by atoms with Gasteiger partial charge in [0.05, 0.1) is 12.6 Å². The quantitative estimate of drug-likeness (QED) is 0.645. The average Bonchev–Trinajstić information content (AvgIpc) is 3.33. The number of aromatic amines is 1. The molecule has 1 fully saturated rings. The molecule has 2 amide bonds. The molecule has 1 aromatic heterocycles. The molecule has 8 heteroatoms. The summed E-state index contributed by atoms with van der Waals surface area (Å²) >= 11 is 0. The van der Waals surface area contributed by atoms with Crippen molar-refractivity contribution >= 4 is 22.7 Å². The molecular formula is C22H19N3O5. The van der Waals surface area contributed by atoms with Crippen LogP contribution in [0.25, 0.3) is 10.9 Å². The van der Waals surface area contributed by atoms with Crippen LogP contribution in [0.3, 0.4) is 0 Å². The van der Waals surface area contributed by atoms with Gasteiger partial charge in [-0.15, -0.1) is 0 Å². The Bertz CT molecular complexity index is 1230. The summed E-state index contributed by atoms with van der Waals surface area (Å²) in [6, 6.07) is 9.72. The van der Waals surface area contributed by atoms with Crippen molar-refractivity contribution in [3.8, 4) is 17.2 Å². The lowest BCUT2D eigenvalue weighted by Gasteiger charge is -2.46. The summed E-state index contributed by atoms with van der Waals surface area (Å²) in [4.78, 5) is 32.7. The number of benzene rings is 2. The zero-order valence-corrected chi connectivity index (χ0v) is 16.2. The van der Waals surface area contributed by atoms with Gasteiger partial charge in [0.2, 0.25) is 18.6 Å². The predicted molar refractivity (Wildman–Crippen MR) is 106 cm³/mol. The molecular weight excluding hydrogens is 386 g/mol. The van der Waals surface area contributed by atoms with Crippen molar-refractivity contribution in [2.75, 3.05) is 20.4 Å². The Hall–Kier alpha value is -3.68. The number of hydrogen-bond acceptors (Lipinski definition) is 5. The number of fused-ring (bicyclic) bond motifs is 5. The highest BCUT2D eigenvalue weighted by Crippen LogP contribution is 2.45. The number of nitrogens with one attached hydrogen (secondary N) is 1. The van der Waals surface area contributed by atoms with Gasteiger partial charge in [-0.25, -0.2) is 0 Å². The van der Waals surface area contributed by atoms with Gasteiger partial charge >= 0.3 is 0 Å². The number of amides is 2. The van der Waals surface area contributed by atoms with Crippen LogP contribution in [0, 0.1) is 0 Å². The van der Waals surface area contributed by atoms with Gasteiger partial charge in [-0.2, -0.15) is 0 Å². The monoisotopic (exact) mass is 405 g/mol. The van der Waals surface area contributed by atoms with Crippen LogP contribution in [0.2, 0.25) is 0 Å². The van der Waals surface area contributed by atoms with E-state index in [9.17, 15) is 14.7 Å². The Morgan fingerprint density at radius 1 is 1.10 bits per heavy atom. The summed E-state index contributed by atoms with van der Waals surface area (Å²) in [6.07, 6.45) is 0.427. The number of phenolic OH excluding ortho intramolecular Hbond substituents is 1. The summed E-state index contributed by atoms with van der Waals surface area (Å²) in [5.41, 5.74) is 3.47. The molecule has 152 valence electrons. The third kappa shape index (κ3) is 2.27. The molecule has 3 aliphatic heterocycles. The third-order valence-corrected chi connectivity index (χ3v) is 6.24. The van der Waals surface area contributed by atoms with Gasteiger partial charge < -0.3 is 29.4 Å². The Morgan fingerprint density at radius 2 is 1.93 bits per heavy atom. The lowest BCUT2D eigenvalue weighted by Crippen LogP contribution is -2.62. The Kier molecular flexibility index (Phi) is 3.39. The summed E-state index contributed by atoms with van der Waals surface area (Å²) in [7, 11) is 1.66. The summed E-state index contributed by atoms with van der Waals surface area (Å²) < 4.78 is 11.0. The van der Waals surface area contributed by atoms with E-state index >= 15 is 0 Å². The fourth-order valence-corrected chi connectivity index (χ4v) is 4.88. The minimum atomic E-state index is -0.577. The highest BCUT2D eigenvalue weighted by molar-refractivity contribution is 5.97. The number of carbonyl (C=O) groups excluding carboxylic acids is 2. The van der Waals surface area contributed by atoms with Crippen LogP contribution in [-0.2, 0) is 16.0 Å². The first-order chi connectivity index (χ1) is 14.5. The van der Waals surface area contributed by atoms with Crippen LogP contribution >= 0.6 is 0 Å². The van der Waals surface area contributed by atoms with E-state index in [1.165, 1.54) is 4.90 Å². The molecule has 2 aromatic carbocycles. The third-order valence-electron chi connectivity index (χ3n) is 6.24. The minimum Gasteiger partial charge on any atom is -0.508 e. The predicted octanol–water partition coefficient (Wildman–Crippen LogP) is 1.92. The van der Waals surface area contributed by atoms with Gasteiger partial charge in [-0.1, -0.05) is 6.07 Å². The summed E-state index contributed by atoms with van der Waals surface area (Å²) in [5, 5.41) is 10.9. The van der Waals surface area contributed by atoms with Crippen LogP contribution in [0.15, 0.2) is 36.4 Å². The van der Waals surface area contributed by atoms with Crippen LogP contribution in [0.4, 0.5) is 0 Å². The van der Waals surface area contributed by atoms with Crippen LogP contribution < -0.4 is 9.47 Å². The molecule has 8 nitrogen and oxygen atoms in total. The number of aromatic hydroxyl groups is 1. The highest BCUT2D eigenvalue weighted by atomic mass is 16.7. The number of piperazine rings is 1. The Labute approximate surface area is 171 Å². The molecule has 1 saturated heterocycles. The first kappa shape index (κ1) is 17.2. The smallest absolute Gasteiger partial charge is 0.245 e. The Balaban J connectivity index is 1.59. The average molecular weight is 405 g/mol. The Morgan fingerprint density at radius 3 is 2.80 bits per heavy atom. The number of aromatic nitrogens is 1. The van der Waals surface area contributed by atoms with Crippen molar-refractivity contribution in [1.29, 1.82) is 0 Å². The van der Waals surface area contributed by atoms with E-state index in [0.29, 0.717) is 17.9 Å². The zero-order valence-electron chi connectivity index (χ0n) is 16.2.